The number of nitriles is 1. The molecule has 0 fully saturated rings. The number of hydrogen-bond acceptors (Lipinski definition) is 3. The minimum Gasteiger partial charge on any atom is -0.298 e. The van der Waals surface area contributed by atoms with Crippen LogP contribution in [0, 0.1) is 18.3 Å². The molecule has 5 nitrogen and oxygen atoms in total. The van der Waals surface area contributed by atoms with Crippen molar-refractivity contribution in [3.63, 3.8) is 0 Å². The quantitative estimate of drug-likeness (QED) is 0.369. The van der Waals surface area contributed by atoms with Crippen LogP contribution in [0.1, 0.15) is 23.6 Å². The minimum absolute atomic E-state index is 0.367. The molecule has 1 atom stereocenters. The first kappa shape index (κ1) is 14.3. The van der Waals surface area contributed by atoms with Gasteiger partial charge in [-0.1, -0.05) is 22.8 Å². The van der Waals surface area contributed by atoms with Crippen molar-refractivity contribution in [1.82, 2.24) is 5.32 Å². The largest absolute Gasteiger partial charge is 0.298 e. The molecule has 0 radical (unpaired) electrons. The summed E-state index contributed by atoms with van der Waals surface area (Å²) in [7, 11) is 0. The second-order valence-corrected chi connectivity index (χ2v) is 4.26. The van der Waals surface area contributed by atoms with E-state index in [9.17, 15) is 0 Å². The van der Waals surface area contributed by atoms with Crippen molar-refractivity contribution < 1.29 is 0 Å². The average Bonchev–Trinajstić information content (AvgIpc) is 2.35. The Hall–Kier alpha value is -1.73. The van der Waals surface area contributed by atoms with E-state index in [-0.39, 0.29) is 6.04 Å². The maximum Gasteiger partial charge on any atom is 0.121 e. The van der Waals surface area contributed by atoms with Gasteiger partial charge in [0, 0.05) is 16.5 Å². The average molecular weight is 264 g/mol. The Kier molecular flexibility index (Phi) is 6.03. The third kappa shape index (κ3) is 4.27. The topological polar surface area (TPSA) is 84.6 Å². The van der Waals surface area contributed by atoms with E-state index in [1.807, 2.05) is 19.1 Å². The van der Waals surface area contributed by atoms with E-state index in [1.165, 1.54) is 0 Å². The number of nitrogens with zero attached hydrogens (tertiary/aromatic N) is 4. The van der Waals surface area contributed by atoms with Crippen molar-refractivity contribution >= 4 is 11.6 Å². The van der Waals surface area contributed by atoms with E-state index in [0.29, 0.717) is 24.5 Å². The van der Waals surface area contributed by atoms with Crippen molar-refractivity contribution in [3.8, 4) is 6.07 Å². The van der Waals surface area contributed by atoms with Gasteiger partial charge in [0.15, 0.2) is 0 Å². The molecule has 0 amide bonds. The SMILES string of the molecule is Cc1cc(Cl)ccc1C(C#N)NCCCN=[N+]=[N-]. The third-order valence-electron chi connectivity index (χ3n) is 2.52. The summed E-state index contributed by atoms with van der Waals surface area (Å²) in [6, 6.07) is 7.31. The Morgan fingerprint density at radius 3 is 3.00 bits per heavy atom. The second-order valence-electron chi connectivity index (χ2n) is 3.83. The van der Waals surface area contributed by atoms with Crippen molar-refractivity contribution in [3.05, 3.63) is 44.8 Å². The highest BCUT2D eigenvalue weighted by Crippen LogP contribution is 2.20. The first-order valence-electron chi connectivity index (χ1n) is 5.59. The molecule has 1 rings (SSSR count). The monoisotopic (exact) mass is 263 g/mol. The summed E-state index contributed by atoms with van der Waals surface area (Å²) in [5, 5.41) is 16.4. The van der Waals surface area contributed by atoms with Crippen LogP contribution in [-0.4, -0.2) is 13.1 Å². The van der Waals surface area contributed by atoms with E-state index in [1.54, 1.807) is 6.07 Å². The van der Waals surface area contributed by atoms with Crippen molar-refractivity contribution in [2.24, 2.45) is 5.11 Å². The van der Waals surface area contributed by atoms with Crippen LogP contribution in [0.15, 0.2) is 23.3 Å². The Bertz CT molecular complexity index is 488. The molecule has 0 aliphatic carbocycles. The van der Waals surface area contributed by atoms with E-state index in [4.69, 9.17) is 22.4 Å². The molecule has 0 bridgehead atoms. The summed E-state index contributed by atoms with van der Waals surface area (Å²) in [5.41, 5.74) is 10.0. The van der Waals surface area contributed by atoms with E-state index >= 15 is 0 Å². The van der Waals surface area contributed by atoms with Gasteiger partial charge in [0.2, 0.25) is 0 Å². The molecule has 1 unspecified atom stereocenters. The zero-order chi connectivity index (χ0) is 13.4. The highest BCUT2D eigenvalue weighted by molar-refractivity contribution is 6.30. The maximum absolute atomic E-state index is 9.15. The Morgan fingerprint density at radius 2 is 2.39 bits per heavy atom. The molecule has 0 spiro atoms. The molecule has 0 saturated carbocycles. The number of benzene rings is 1. The Labute approximate surface area is 111 Å². The lowest BCUT2D eigenvalue weighted by Crippen LogP contribution is -2.22. The Morgan fingerprint density at radius 1 is 1.61 bits per heavy atom. The van der Waals surface area contributed by atoms with Crippen LogP contribution in [0.5, 0.6) is 0 Å². The zero-order valence-corrected chi connectivity index (χ0v) is 10.9. The predicted molar refractivity (Wildman–Crippen MR) is 71.2 cm³/mol. The van der Waals surface area contributed by atoms with Crippen LogP contribution in [0.2, 0.25) is 5.02 Å². The lowest BCUT2D eigenvalue weighted by Gasteiger charge is -2.14. The first-order valence-corrected chi connectivity index (χ1v) is 5.96. The number of rotatable bonds is 6. The van der Waals surface area contributed by atoms with E-state index in [2.05, 4.69) is 21.4 Å². The standard InChI is InChI=1S/C12H14ClN5/c1-9-7-10(13)3-4-11(9)12(8-14)16-5-2-6-17-18-15/h3-4,7,12,16H,2,5-6H2,1H3. The first-order chi connectivity index (χ1) is 8.69. The van der Waals surface area contributed by atoms with Crippen molar-refractivity contribution in [2.75, 3.05) is 13.1 Å². The molecular weight excluding hydrogens is 250 g/mol. The minimum atomic E-state index is -0.367. The molecule has 0 aromatic heterocycles. The van der Waals surface area contributed by atoms with Gasteiger partial charge >= 0.3 is 0 Å². The number of nitrogens with one attached hydrogen (secondary N) is 1. The highest BCUT2D eigenvalue weighted by Gasteiger charge is 2.11. The second kappa shape index (κ2) is 7.57. The van der Waals surface area contributed by atoms with Crippen LogP contribution < -0.4 is 5.32 Å². The number of aryl methyl sites for hydroxylation is 1. The van der Waals surface area contributed by atoms with Crippen LogP contribution in [-0.2, 0) is 0 Å². The molecule has 94 valence electrons. The van der Waals surface area contributed by atoms with Gasteiger partial charge in [0.05, 0.1) is 6.07 Å². The summed E-state index contributed by atoms with van der Waals surface area (Å²) in [6.07, 6.45) is 0.703. The smallest absolute Gasteiger partial charge is 0.121 e. The normalized spacial score (nSPS) is 11.4. The molecule has 0 aliphatic heterocycles. The van der Waals surface area contributed by atoms with Gasteiger partial charge in [-0.05, 0) is 48.7 Å². The highest BCUT2D eigenvalue weighted by atomic mass is 35.5. The van der Waals surface area contributed by atoms with Gasteiger partial charge in [-0.2, -0.15) is 5.26 Å². The van der Waals surface area contributed by atoms with Crippen LogP contribution >= 0.6 is 11.6 Å². The fraction of sp³-hybridized carbons (Fsp3) is 0.417. The summed E-state index contributed by atoms with van der Waals surface area (Å²) in [4.78, 5) is 2.67. The van der Waals surface area contributed by atoms with Crippen molar-refractivity contribution in [1.29, 1.82) is 5.26 Å². The summed E-state index contributed by atoms with van der Waals surface area (Å²) < 4.78 is 0. The molecule has 1 aromatic carbocycles. The third-order valence-corrected chi connectivity index (χ3v) is 2.75. The Balaban J connectivity index is 2.61. The summed E-state index contributed by atoms with van der Waals surface area (Å²) >= 11 is 5.88. The number of azide groups is 1. The summed E-state index contributed by atoms with van der Waals surface area (Å²) in [5.74, 6) is 0. The molecule has 18 heavy (non-hydrogen) atoms. The molecule has 1 N–H and O–H groups in total. The predicted octanol–water partition coefficient (Wildman–Crippen LogP) is 3.50. The van der Waals surface area contributed by atoms with Gasteiger partial charge in [0.25, 0.3) is 0 Å². The molecule has 1 aromatic rings. The molecule has 0 saturated heterocycles. The van der Waals surface area contributed by atoms with Crippen LogP contribution in [0.4, 0.5) is 0 Å². The van der Waals surface area contributed by atoms with E-state index in [0.717, 1.165) is 11.1 Å². The lowest BCUT2D eigenvalue weighted by molar-refractivity contribution is 0.605. The lowest BCUT2D eigenvalue weighted by atomic mass is 10.0. The van der Waals surface area contributed by atoms with Crippen molar-refractivity contribution in [2.45, 2.75) is 19.4 Å². The molecular formula is C12H14ClN5. The van der Waals surface area contributed by atoms with Gasteiger partial charge in [-0.15, -0.1) is 0 Å². The molecule has 6 heteroatoms. The summed E-state index contributed by atoms with van der Waals surface area (Å²) in [6.45, 7) is 2.98. The fourth-order valence-electron chi connectivity index (χ4n) is 1.63. The zero-order valence-electron chi connectivity index (χ0n) is 10.1. The number of halogens is 1. The van der Waals surface area contributed by atoms with Crippen LogP contribution in [0.3, 0.4) is 0 Å². The number of hydrogen-bond donors (Lipinski definition) is 1. The molecule has 0 aliphatic rings. The fourth-order valence-corrected chi connectivity index (χ4v) is 1.86. The van der Waals surface area contributed by atoms with Gasteiger partial charge in [-0.25, -0.2) is 0 Å². The van der Waals surface area contributed by atoms with Gasteiger partial charge in [-0.3, -0.25) is 5.32 Å². The van der Waals surface area contributed by atoms with E-state index < -0.39 is 0 Å². The van der Waals surface area contributed by atoms with Gasteiger partial charge < -0.3 is 0 Å². The molecule has 0 heterocycles. The van der Waals surface area contributed by atoms with Gasteiger partial charge in [0.1, 0.15) is 6.04 Å². The maximum atomic E-state index is 9.15. The van der Waals surface area contributed by atoms with Crippen LogP contribution in [0.25, 0.3) is 10.4 Å².